The molecule has 0 aromatic heterocycles. The van der Waals surface area contributed by atoms with E-state index in [4.69, 9.17) is 10.5 Å². The lowest BCUT2D eigenvalue weighted by atomic mass is 10.1. The van der Waals surface area contributed by atoms with Crippen molar-refractivity contribution in [1.82, 2.24) is 4.90 Å². The number of primary amides is 1. The standard InChI is InChI=1S/C17H24N2O2/c1-2-21-16-8-6-14(7-9-17(18)20)12-15(16)13-19-10-4-3-5-11-19/h6-9,12H,2-5,10-11,13H2,1H3,(H2,18,20)/b9-7-. The fraction of sp³-hybridized carbons (Fsp3) is 0.471. The number of rotatable bonds is 6. The quantitative estimate of drug-likeness (QED) is 0.819. The molecule has 0 atom stereocenters. The van der Waals surface area contributed by atoms with Gasteiger partial charge in [0, 0.05) is 18.2 Å². The van der Waals surface area contributed by atoms with E-state index in [2.05, 4.69) is 11.0 Å². The second-order valence-electron chi connectivity index (χ2n) is 5.37. The number of ether oxygens (including phenoxy) is 1. The summed E-state index contributed by atoms with van der Waals surface area (Å²) in [5, 5.41) is 0. The Hall–Kier alpha value is -1.81. The van der Waals surface area contributed by atoms with Crippen LogP contribution in [-0.4, -0.2) is 30.5 Å². The molecule has 1 aromatic rings. The molecule has 1 fully saturated rings. The van der Waals surface area contributed by atoms with Crippen LogP contribution in [0.2, 0.25) is 0 Å². The molecule has 1 saturated heterocycles. The number of hydrogen-bond acceptors (Lipinski definition) is 3. The highest BCUT2D eigenvalue weighted by Crippen LogP contribution is 2.24. The van der Waals surface area contributed by atoms with E-state index in [0.717, 1.165) is 30.9 Å². The third kappa shape index (κ3) is 4.90. The number of hydrogen-bond donors (Lipinski definition) is 1. The number of benzene rings is 1. The molecule has 2 N–H and O–H groups in total. The molecule has 0 spiro atoms. The summed E-state index contributed by atoms with van der Waals surface area (Å²) in [4.78, 5) is 13.3. The summed E-state index contributed by atoms with van der Waals surface area (Å²) in [7, 11) is 0. The molecule has 0 unspecified atom stereocenters. The molecule has 21 heavy (non-hydrogen) atoms. The first kappa shape index (κ1) is 15.6. The van der Waals surface area contributed by atoms with Gasteiger partial charge in [0.1, 0.15) is 5.75 Å². The number of carbonyl (C=O) groups excluding carboxylic acids is 1. The smallest absolute Gasteiger partial charge is 0.241 e. The highest BCUT2D eigenvalue weighted by atomic mass is 16.5. The van der Waals surface area contributed by atoms with Crippen molar-refractivity contribution in [1.29, 1.82) is 0 Å². The van der Waals surface area contributed by atoms with Crippen LogP contribution in [0, 0.1) is 0 Å². The molecule has 2 rings (SSSR count). The molecule has 114 valence electrons. The second-order valence-corrected chi connectivity index (χ2v) is 5.37. The van der Waals surface area contributed by atoms with Gasteiger partial charge in [0.25, 0.3) is 0 Å². The molecule has 0 bridgehead atoms. The fourth-order valence-corrected chi connectivity index (χ4v) is 2.66. The summed E-state index contributed by atoms with van der Waals surface area (Å²) < 4.78 is 5.72. The lowest BCUT2D eigenvalue weighted by molar-refractivity contribution is -0.113. The molecule has 4 nitrogen and oxygen atoms in total. The Morgan fingerprint density at radius 1 is 1.33 bits per heavy atom. The number of likely N-dealkylation sites (tertiary alicyclic amines) is 1. The van der Waals surface area contributed by atoms with Gasteiger partial charge in [-0.1, -0.05) is 12.5 Å². The van der Waals surface area contributed by atoms with E-state index >= 15 is 0 Å². The van der Waals surface area contributed by atoms with Crippen molar-refractivity contribution in [2.45, 2.75) is 32.7 Å². The van der Waals surface area contributed by atoms with Gasteiger partial charge in [-0.25, -0.2) is 0 Å². The summed E-state index contributed by atoms with van der Waals surface area (Å²) >= 11 is 0. The Morgan fingerprint density at radius 2 is 2.10 bits per heavy atom. The predicted octanol–water partition coefficient (Wildman–Crippen LogP) is 2.57. The first-order valence-electron chi connectivity index (χ1n) is 7.64. The first-order valence-corrected chi connectivity index (χ1v) is 7.64. The number of amides is 1. The van der Waals surface area contributed by atoms with Gasteiger partial charge in [-0.2, -0.15) is 0 Å². The molecule has 1 heterocycles. The molecule has 1 aromatic carbocycles. The molecule has 1 amide bonds. The van der Waals surface area contributed by atoms with E-state index in [9.17, 15) is 4.79 Å². The zero-order chi connectivity index (χ0) is 15.1. The second kappa shape index (κ2) is 7.84. The lowest BCUT2D eigenvalue weighted by Crippen LogP contribution is -2.29. The van der Waals surface area contributed by atoms with Crippen LogP contribution in [0.3, 0.4) is 0 Å². The van der Waals surface area contributed by atoms with E-state index < -0.39 is 5.91 Å². The zero-order valence-corrected chi connectivity index (χ0v) is 12.7. The van der Waals surface area contributed by atoms with Crippen LogP contribution in [-0.2, 0) is 11.3 Å². The minimum Gasteiger partial charge on any atom is -0.494 e. The van der Waals surface area contributed by atoms with Crippen LogP contribution in [0.4, 0.5) is 0 Å². The summed E-state index contributed by atoms with van der Waals surface area (Å²) in [6.07, 6.45) is 7.00. The summed E-state index contributed by atoms with van der Waals surface area (Å²) in [6, 6.07) is 6.01. The van der Waals surface area contributed by atoms with Crippen molar-refractivity contribution < 1.29 is 9.53 Å². The van der Waals surface area contributed by atoms with Crippen LogP contribution in [0.5, 0.6) is 5.75 Å². The van der Waals surface area contributed by atoms with Crippen LogP contribution in [0.15, 0.2) is 24.3 Å². The normalized spacial score (nSPS) is 16.2. The Kier molecular flexibility index (Phi) is 5.81. The highest BCUT2D eigenvalue weighted by Gasteiger charge is 2.13. The van der Waals surface area contributed by atoms with Gasteiger partial charge >= 0.3 is 0 Å². The van der Waals surface area contributed by atoms with Crippen molar-refractivity contribution in [3.63, 3.8) is 0 Å². The maximum atomic E-state index is 10.8. The van der Waals surface area contributed by atoms with Gasteiger partial charge < -0.3 is 10.5 Å². The van der Waals surface area contributed by atoms with Crippen molar-refractivity contribution in [2.24, 2.45) is 5.73 Å². The van der Waals surface area contributed by atoms with Gasteiger partial charge in [-0.05, 0) is 56.6 Å². The largest absolute Gasteiger partial charge is 0.494 e. The number of nitrogens with two attached hydrogens (primary N) is 1. The highest BCUT2D eigenvalue weighted by molar-refractivity contribution is 5.90. The van der Waals surface area contributed by atoms with E-state index in [0.29, 0.717) is 6.61 Å². The lowest BCUT2D eigenvalue weighted by Gasteiger charge is -2.27. The minimum atomic E-state index is -0.429. The third-order valence-electron chi connectivity index (χ3n) is 3.67. The first-order chi connectivity index (χ1) is 10.2. The van der Waals surface area contributed by atoms with Crippen molar-refractivity contribution in [2.75, 3.05) is 19.7 Å². The molecule has 1 aliphatic heterocycles. The molecule has 1 aliphatic rings. The van der Waals surface area contributed by atoms with E-state index in [1.165, 1.54) is 30.9 Å². The average Bonchev–Trinajstić information content (AvgIpc) is 2.48. The molecular formula is C17H24N2O2. The molecule has 0 aliphatic carbocycles. The van der Waals surface area contributed by atoms with E-state index in [1.54, 1.807) is 6.08 Å². The number of nitrogens with zero attached hydrogens (tertiary/aromatic N) is 1. The fourth-order valence-electron chi connectivity index (χ4n) is 2.66. The summed E-state index contributed by atoms with van der Waals surface area (Å²) in [6.45, 7) is 5.84. The number of piperidine rings is 1. The maximum absolute atomic E-state index is 10.8. The Morgan fingerprint density at radius 3 is 2.76 bits per heavy atom. The summed E-state index contributed by atoms with van der Waals surface area (Å²) in [5.41, 5.74) is 7.29. The van der Waals surface area contributed by atoms with E-state index in [1.807, 2.05) is 19.1 Å². The zero-order valence-electron chi connectivity index (χ0n) is 12.7. The van der Waals surface area contributed by atoms with Crippen LogP contribution >= 0.6 is 0 Å². The van der Waals surface area contributed by atoms with E-state index in [-0.39, 0.29) is 0 Å². The van der Waals surface area contributed by atoms with Gasteiger partial charge in [0.2, 0.25) is 5.91 Å². The Labute approximate surface area is 126 Å². The number of carbonyl (C=O) groups is 1. The monoisotopic (exact) mass is 288 g/mol. The SMILES string of the molecule is CCOc1ccc(/C=C\C(N)=O)cc1CN1CCCCC1. The predicted molar refractivity (Wildman–Crippen MR) is 85.0 cm³/mol. The average molecular weight is 288 g/mol. The van der Waals surface area contributed by atoms with Crippen molar-refractivity contribution in [3.8, 4) is 5.75 Å². The topological polar surface area (TPSA) is 55.6 Å². The van der Waals surface area contributed by atoms with Crippen LogP contribution in [0.25, 0.3) is 6.08 Å². The minimum absolute atomic E-state index is 0.429. The van der Waals surface area contributed by atoms with Crippen molar-refractivity contribution in [3.05, 3.63) is 35.4 Å². The van der Waals surface area contributed by atoms with Gasteiger partial charge in [0.05, 0.1) is 6.61 Å². The third-order valence-corrected chi connectivity index (χ3v) is 3.67. The molecule has 4 heteroatoms. The maximum Gasteiger partial charge on any atom is 0.241 e. The molecule has 0 saturated carbocycles. The van der Waals surface area contributed by atoms with Crippen LogP contribution in [0.1, 0.15) is 37.3 Å². The molecule has 0 radical (unpaired) electrons. The van der Waals surface area contributed by atoms with Crippen molar-refractivity contribution >= 4 is 12.0 Å². The Bertz CT molecular complexity index is 506. The van der Waals surface area contributed by atoms with Gasteiger partial charge in [-0.3, -0.25) is 9.69 Å². The molecular weight excluding hydrogens is 264 g/mol. The summed E-state index contributed by atoms with van der Waals surface area (Å²) in [5.74, 6) is 0.501. The Balaban J connectivity index is 2.17. The van der Waals surface area contributed by atoms with Gasteiger partial charge in [0.15, 0.2) is 0 Å². The van der Waals surface area contributed by atoms with Gasteiger partial charge in [-0.15, -0.1) is 0 Å². The van der Waals surface area contributed by atoms with Crippen LogP contribution < -0.4 is 10.5 Å².